The molecule has 0 bridgehead atoms. The molecule has 18 heavy (non-hydrogen) atoms. The monoisotopic (exact) mass is 374 g/mol. The zero-order valence-electron chi connectivity index (χ0n) is 9.58. The fourth-order valence-electron chi connectivity index (χ4n) is 1.84. The summed E-state index contributed by atoms with van der Waals surface area (Å²) in [5.74, 6) is -0.219. The van der Waals surface area contributed by atoms with E-state index in [0.29, 0.717) is 18.7 Å². The van der Waals surface area contributed by atoms with Gasteiger partial charge in [-0.05, 0) is 24.6 Å². The first kappa shape index (κ1) is 13.5. The second kappa shape index (κ2) is 5.84. The minimum atomic E-state index is -0.117. The summed E-state index contributed by atoms with van der Waals surface area (Å²) in [7, 11) is 0. The second-order valence-corrected chi connectivity index (χ2v) is 5.92. The van der Waals surface area contributed by atoms with Crippen molar-refractivity contribution in [3.8, 4) is 0 Å². The maximum absolute atomic E-state index is 12.3. The lowest BCUT2D eigenvalue weighted by molar-refractivity contribution is -0.121. The van der Waals surface area contributed by atoms with Crippen LogP contribution in [0.1, 0.15) is 16.8 Å². The molecule has 0 aromatic heterocycles. The summed E-state index contributed by atoms with van der Waals surface area (Å²) in [6.45, 7) is 1.36. The minimum absolute atomic E-state index is 0.102. The fourth-order valence-corrected chi connectivity index (χ4v) is 3.13. The molecular formula is C12H12Br2N2O2. The number of rotatable bonds is 1. The van der Waals surface area contributed by atoms with Crippen LogP contribution in [-0.4, -0.2) is 36.3 Å². The third-order valence-corrected chi connectivity index (χ3v) is 3.57. The summed E-state index contributed by atoms with van der Waals surface area (Å²) < 4.78 is 1.67. The second-order valence-electron chi connectivity index (χ2n) is 4.09. The lowest BCUT2D eigenvalue weighted by atomic mass is 10.2. The summed E-state index contributed by atoms with van der Waals surface area (Å²) >= 11 is 6.71. The first-order valence-electron chi connectivity index (χ1n) is 5.58. The zero-order valence-corrected chi connectivity index (χ0v) is 12.8. The van der Waals surface area contributed by atoms with E-state index in [1.165, 1.54) is 0 Å². The summed E-state index contributed by atoms with van der Waals surface area (Å²) in [5.41, 5.74) is 0.575. The van der Waals surface area contributed by atoms with Gasteiger partial charge >= 0.3 is 0 Å². The average molecular weight is 376 g/mol. The normalized spacial score (nSPS) is 16.1. The third-order valence-electron chi connectivity index (χ3n) is 2.66. The quantitative estimate of drug-likeness (QED) is 0.817. The molecule has 2 amide bonds. The first-order chi connectivity index (χ1) is 8.56. The molecule has 0 aliphatic carbocycles. The van der Waals surface area contributed by atoms with E-state index in [4.69, 9.17) is 0 Å². The Hall–Kier alpha value is -0.880. The van der Waals surface area contributed by atoms with Crippen molar-refractivity contribution in [2.45, 2.75) is 6.42 Å². The van der Waals surface area contributed by atoms with Crippen molar-refractivity contribution in [1.29, 1.82) is 0 Å². The van der Waals surface area contributed by atoms with Crippen LogP contribution in [0.15, 0.2) is 27.1 Å². The molecule has 1 saturated heterocycles. The number of nitrogens with one attached hydrogen (secondary N) is 1. The van der Waals surface area contributed by atoms with E-state index in [9.17, 15) is 9.59 Å². The van der Waals surface area contributed by atoms with Gasteiger partial charge in [0.1, 0.15) is 0 Å². The van der Waals surface area contributed by atoms with Crippen molar-refractivity contribution in [3.05, 3.63) is 32.7 Å². The highest BCUT2D eigenvalue weighted by Crippen LogP contribution is 2.21. The van der Waals surface area contributed by atoms with Crippen molar-refractivity contribution in [2.75, 3.05) is 19.6 Å². The van der Waals surface area contributed by atoms with Gasteiger partial charge in [-0.25, -0.2) is 0 Å². The van der Waals surface area contributed by atoms with E-state index in [1.807, 2.05) is 6.07 Å². The topological polar surface area (TPSA) is 49.4 Å². The Labute approximate surface area is 122 Å². The number of carbonyl (C=O) groups excluding carboxylic acids is 2. The van der Waals surface area contributed by atoms with Crippen molar-refractivity contribution >= 4 is 43.7 Å². The molecule has 1 aromatic rings. The van der Waals surface area contributed by atoms with Crippen LogP contribution in [0, 0.1) is 0 Å². The lowest BCUT2D eigenvalue weighted by Gasteiger charge is -2.19. The SMILES string of the molecule is O=C1CN(C(=O)c2cc(Br)cc(Br)c2)CCCN1. The maximum atomic E-state index is 12.3. The Morgan fingerprint density at radius 2 is 1.89 bits per heavy atom. The average Bonchev–Trinajstić information content (AvgIpc) is 2.51. The number of hydrogen-bond acceptors (Lipinski definition) is 2. The van der Waals surface area contributed by atoms with Crippen LogP contribution in [-0.2, 0) is 4.79 Å². The molecule has 0 saturated carbocycles. The van der Waals surface area contributed by atoms with E-state index in [2.05, 4.69) is 37.2 Å². The van der Waals surface area contributed by atoms with Crippen LogP contribution < -0.4 is 5.32 Å². The summed E-state index contributed by atoms with van der Waals surface area (Å²) in [6, 6.07) is 5.39. The molecule has 0 atom stereocenters. The van der Waals surface area contributed by atoms with E-state index >= 15 is 0 Å². The van der Waals surface area contributed by atoms with E-state index < -0.39 is 0 Å². The summed E-state index contributed by atoms with van der Waals surface area (Å²) in [6.07, 6.45) is 0.784. The Balaban J connectivity index is 2.21. The molecule has 2 rings (SSSR count). The third kappa shape index (κ3) is 3.32. The molecule has 0 radical (unpaired) electrons. The maximum Gasteiger partial charge on any atom is 0.254 e. The molecule has 1 heterocycles. The highest BCUT2D eigenvalue weighted by Gasteiger charge is 2.21. The molecule has 1 aliphatic heterocycles. The molecule has 96 valence electrons. The molecular weight excluding hydrogens is 364 g/mol. The number of benzene rings is 1. The van der Waals surface area contributed by atoms with E-state index in [-0.39, 0.29) is 18.4 Å². The molecule has 6 heteroatoms. The molecule has 0 unspecified atom stereocenters. The highest BCUT2D eigenvalue weighted by atomic mass is 79.9. The van der Waals surface area contributed by atoms with Crippen LogP contribution in [0.3, 0.4) is 0 Å². The largest absolute Gasteiger partial charge is 0.354 e. The van der Waals surface area contributed by atoms with Crippen LogP contribution in [0.4, 0.5) is 0 Å². The lowest BCUT2D eigenvalue weighted by Crippen LogP contribution is -2.37. The Bertz CT molecular complexity index is 471. The van der Waals surface area contributed by atoms with Crippen molar-refractivity contribution < 1.29 is 9.59 Å². The Kier molecular flexibility index (Phi) is 4.40. The van der Waals surface area contributed by atoms with E-state index in [0.717, 1.165) is 15.4 Å². The van der Waals surface area contributed by atoms with Crippen LogP contribution in [0.5, 0.6) is 0 Å². The van der Waals surface area contributed by atoms with Gasteiger partial charge in [-0.3, -0.25) is 9.59 Å². The molecule has 0 spiro atoms. The smallest absolute Gasteiger partial charge is 0.254 e. The molecule has 1 aromatic carbocycles. The van der Waals surface area contributed by atoms with Gasteiger partial charge in [0.2, 0.25) is 5.91 Å². The zero-order chi connectivity index (χ0) is 13.1. The standard InChI is InChI=1S/C12H12Br2N2O2/c13-9-4-8(5-10(14)6-9)12(18)16-3-1-2-15-11(17)7-16/h4-6H,1-3,7H2,(H,15,17). The molecule has 1 fully saturated rings. The fraction of sp³-hybridized carbons (Fsp3) is 0.333. The van der Waals surface area contributed by atoms with Gasteiger partial charge in [0, 0.05) is 27.6 Å². The van der Waals surface area contributed by atoms with Gasteiger partial charge < -0.3 is 10.2 Å². The van der Waals surface area contributed by atoms with Crippen LogP contribution in [0.2, 0.25) is 0 Å². The van der Waals surface area contributed by atoms with Crippen molar-refractivity contribution in [3.63, 3.8) is 0 Å². The van der Waals surface area contributed by atoms with Crippen molar-refractivity contribution in [1.82, 2.24) is 10.2 Å². The van der Waals surface area contributed by atoms with Gasteiger partial charge in [-0.15, -0.1) is 0 Å². The first-order valence-corrected chi connectivity index (χ1v) is 7.17. The van der Waals surface area contributed by atoms with Crippen LogP contribution in [0.25, 0.3) is 0 Å². The Morgan fingerprint density at radius 3 is 2.56 bits per heavy atom. The number of nitrogens with zero attached hydrogens (tertiary/aromatic N) is 1. The molecule has 1 N–H and O–H groups in total. The number of halogens is 2. The Morgan fingerprint density at radius 1 is 1.22 bits per heavy atom. The summed E-state index contributed by atoms with van der Waals surface area (Å²) in [5, 5.41) is 2.75. The van der Waals surface area contributed by atoms with E-state index in [1.54, 1.807) is 17.0 Å². The summed E-state index contributed by atoms with van der Waals surface area (Å²) in [4.78, 5) is 25.3. The molecule has 1 aliphatic rings. The minimum Gasteiger partial charge on any atom is -0.354 e. The van der Waals surface area contributed by atoms with Crippen LogP contribution >= 0.6 is 31.9 Å². The predicted octanol–water partition coefficient (Wildman–Crippen LogP) is 2.17. The van der Waals surface area contributed by atoms with Crippen molar-refractivity contribution in [2.24, 2.45) is 0 Å². The van der Waals surface area contributed by atoms with Gasteiger partial charge in [-0.2, -0.15) is 0 Å². The number of amides is 2. The predicted molar refractivity (Wildman–Crippen MR) is 75.4 cm³/mol. The highest BCUT2D eigenvalue weighted by molar-refractivity contribution is 9.11. The van der Waals surface area contributed by atoms with Gasteiger partial charge in [0.15, 0.2) is 0 Å². The molecule has 4 nitrogen and oxygen atoms in total. The van der Waals surface area contributed by atoms with Gasteiger partial charge in [0.25, 0.3) is 5.91 Å². The van der Waals surface area contributed by atoms with Gasteiger partial charge in [0.05, 0.1) is 6.54 Å². The number of carbonyl (C=O) groups is 2. The van der Waals surface area contributed by atoms with Gasteiger partial charge in [-0.1, -0.05) is 31.9 Å². The number of hydrogen-bond donors (Lipinski definition) is 1.